The summed E-state index contributed by atoms with van der Waals surface area (Å²) in [4.78, 5) is 24.0. The van der Waals surface area contributed by atoms with E-state index in [4.69, 9.17) is 4.74 Å². The van der Waals surface area contributed by atoms with E-state index >= 15 is 0 Å². The maximum absolute atomic E-state index is 12.7. The Morgan fingerprint density at radius 1 is 1.21 bits per heavy atom. The van der Waals surface area contributed by atoms with Crippen LogP contribution in [0.4, 0.5) is 13.2 Å². The molecule has 0 spiro atoms. The van der Waals surface area contributed by atoms with Gasteiger partial charge in [-0.3, -0.25) is 4.79 Å². The summed E-state index contributed by atoms with van der Waals surface area (Å²) in [6.07, 6.45) is -0.589. The van der Waals surface area contributed by atoms with Crippen molar-refractivity contribution in [2.75, 3.05) is 0 Å². The first-order valence-corrected chi connectivity index (χ1v) is 7.96. The summed E-state index contributed by atoms with van der Waals surface area (Å²) >= 11 is 0. The molecule has 0 aromatic heterocycles. The van der Waals surface area contributed by atoms with Gasteiger partial charge in [-0.05, 0) is 38.0 Å². The quantitative estimate of drug-likeness (QED) is 0.848. The van der Waals surface area contributed by atoms with Crippen molar-refractivity contribution in [1.82, 2.24) is 5.32 Å². The second-order valence-corrected chi connectivity index (χ2v) is 5.97. The van der Waals surface area contributed by atoms with E-state index in [0.717, 1.165) is 44.2 Å². The van der Waals surface area contributed by atoms with Gasteiger partial charge in [0.05, 0.1) is 11.1 Å². The van der Waals surface area contributed by atoms with E-state index in [0.29, 0.717) is 6.07 Å². The molecular formula is C17H20F3NO3. The Kier molecular flexibility index (Phi) is 5.85. The maximum Gasteiger partial charge on any atom is 0.416 e. The van der Waals surface area contributed by atoms with Crippen molar-refractivity contribution >= 4 is 11.9 Å². The van der Waals surface area contributed by atoms with E-state index in [1.807, 2.05) is 0 Å². The van der Waals surface area contributed by atoms with Crippen LogP contribution in [0, 0.1) is 0 Å². The van der Waals surface area contributed by atoms with Crippen LogP contribution in [0.5, 0.6) is 0 Å². The number of nitrogens with one attached hydrogen (secondary N) is 1. The third-order valence-electron chi connectivity index (χ3n) is 4.03. The molecule has 4 nitrogen and oxygen atoms in total. The number of carbonyl (C=O) groups excluding carboxylic acids is 2. The number of hydrogen-bond donors (Lipinski definition) is 1. The molecule has 0 radical (unpaired) electrons. The fraction of sp³-hybridized carbons (Fsp3) is 0.529. The average molecular weight is 343 g/mol. The van der Waals surface area contributed by atoms with Gasteiger partial charge in [-0.1, -0.05) is 25.3 Å². The first-order valence-electron chi connectivity index (χ1n) is 7.96. The molecule has 1 fully saturated rings. The number of hydrogen-bond acceptors (Lipinski definition) is 3. The summed E-state index contributed by atoms with van der Waals surface area (Å²) in [6, 6.07) is 4.01. The van der Waals surface area contributed by atoms with Crippen molar-refractivity contribution < 1.29 is 27.5 Å². The Morgan fingerprint density at radius 3 is 2.50 bits per heavy atom. The van der Waals surface area contributed by atoms with Crippen molar-refractivity contribution in [1.29, 1.82) is 0 Å². The summed E-state index contributed by atoms with van der Waals surface area (Å²) in [5.74, 6) is -1.38. The maximum atomic E-state index is 12.7. The second-order valence-electron chi connectivity index (χ2n) is 5.97. The van der Waals surface area contributed by atoms with Gasteiger partial charge in [-0.25, -0.2) is 4.79 Å². The van der Waals surface area contributed by atoms with Crippen LogP contribution in [0.1, 0.15) is 54.9 Å². The lowest BCUT2D eigenvalue weighted by Gasteiger charge is -2.24. The highest BCUT2D eigenvalue weighted by Gasteiger charge is 2.31. The van der Waals surface area contributed by atoms with Gasteiger partial charge in [0.15, 0.2) is 6.10 Å². The number of amides is 1. The number of esters is 1. The van der Waals surface area contributed by atoms with Crippen LogP contribution in [-0.2, 0) is 15.7 Å². The summed E-state index contributed by atoms with van der Waals surface area (Å²) in [5.41, 5.74) is -1.17. The van der Waals surface area contributed by atoms with Gasteiger partial charge in [0.1, 0.15) is 0 Å². The summed E-state index contributed by atoms with van der Waals surface area (Å²) in [6.45, 7) is 1.41. The van der Waals surface area contributed by atoms with Gasteiger partial charge in [-0.15, -0.1) is 0 Å². The molecule has 1 saturated carbocycles. The Bertz CT molecular complexity index is 595. The molecule has 0 heterocycles. The highest BCUT2D eigenvalue weighted by atomic mass is 19.4. The minimum atomic E-state index is -4.54. The number of carbonyl (C=O) groups is 2. The Morgan fingerprint density at radius 2 is 1.88 bits per heavy atom. The number of ether oxygens (including phenoxy) is 1. The van der Waals surface area contributed by atoms with Crippen LogP contribution in [0.3, 0.4) is 0 Å². The average Bonchev–Trinajstić information content (AvgIpc) is 2.55. The van der Waals surface area contributed by atoms with Gasteiger partial charge in [-0.2, -0.15) is 13.2 Å². The molecular weight excluding hydrogens is 323 g/mol. The lowest BCUT2D eigenvalue weighted by molar-refractivity contribution is -0.137. The van der Waals surface area contributed by atoms with Crippen molar-refractivity contribution in [3.63, 3.8) is 0 Å². The third-order valence-corrected chi connectivity index (χ3v) is 4.03. The molecule has 0 bridgehead atoms. The highest BCUT2D eigenvalue weighted by Crippen LogP contribution is 2.29. The standard InChI is InChI=1S/C17H20F3NO3/c1-11(15(22)21-14-8-3-2-4-9-14)24-16(23)12-6-5-7-13(10-12)17(18,19)20/h5-7,10-11,14H,2-4,8-9H2,1H3,(H,21,22)/t11-/m1/s1. The van der Waals surface area contributed by atoms with Crippen molar-refractivity contribution in [3.05, 3.63) is 35.4 Å². The molecule has 0 aliphatic heterocycles. The van der Waals surface area contributed by atoms with Gasteiger partial charge in [0.25, 0.3) is 5.91 Å². The molecule has 7 heteroatoms. The summed E-state index contributed by atoms with van der Waals surface area (Å²) < 4.78 is 43.0. The van der Waals surface area contributed by atoms with Crippen molar-refractivity contribution in [2.45, 2.75) is 57.3 Å². The lowest BCUT2D eigenvalue weighted by Crippen LogP contribution is -2.42. The molecule has 2 rings (SSSR count). The predicted octanol–water partition coefficient (Wildman–Crippen LogP) is 3.70. The monoisotopic (exact) mass is 343 g/mol. The minimum Gasteiger partial charge on any atom is -0.449 e. The molecule has 1 aliphatic rings. The van der Waals surface area contributed by atoms with E-state index in [-0.39, 0.29) is 11.6 Å². The molecule has 1 aromatic rings. The van der Waals surface area contributed by atoms with E-state index < -0.39 is 29.7 Å². The zero-order valence-corrected chi connectivity index (χ0v) is 13.4. The summed E-state index contributed by atoms with van der Waals surface area (Å²) in [7, 11) is 0. The largest absolute Gasteiger partial charge is 0.449 e. The van der Waals surface area contributed by atoms with E-state index in [2.05, 4.69) is 5.32 Å². The fourth-order valence-electron chi connectivity index (χ4n) is 2.67. The van der Waals surface area contributed by atoms with Crippen LogP contribution in [0.25, 0.3) is 0 Å². The predicted molar refractivity (Wildman–Crippen MR) is 81.3 cm³/mol. The molecule has 0 unspecified atom stereocenters. The lowest BCUT2D eigenvalue weighted by atomic mass is 9.95. The van der Waals surface area contributed by atoms with Crippen LogP contribution in [-0.4, -0.2) is 24.0 Å². The van der Waals surface area contributed by atoms with Gasteiger partial charge < -0.3 is 10.1 Å². The number of rotatable bonds is 4. The fourth-order valence-corrected chi connectivity index (χ4v) is 2.67. The van der Waals surface area contributed by atoms with Crippen LogP contribution in [0.2, 0.25) is 0 Å². The normalized spacial score (nSPS) is 17.2. The number of halogens is 3. The molecule has 1 aromatic carbocycles. The molecule has 1 aliphatic carbocycles. The molecule has 1 amide bonds. The third kappa shape index (κ3) is 4.97. The van der Waals surface area contributed by atoms with Crippen LogP contribution in [0.15, 0.2) is 24.3 Å². The SMILES string of the molecule is C[C@@H](OC(=O)c1cccc(C(F)(F)F)c1)C(=O)NC1CCCCC1. The van der Waals surface area contributed by atoms with Gasteiger partial charge in [0, 0.05) is 6.04 Å². The van der Waals surface area contributed by atoms with Gasteiger partial charge in [0.2, 0.25) is 0 Å². The Labute approximate surface area is 138 Å². The van der Waals surface area contributed by atoms with Crippen LogP contribution < -0.4 is 5.32 Å². The molecule has 24 heavy (non-hydrogen) atoms. The Balaban J connectivity index is 1.94. The number of alkyl halides is 3. The minimum absolute atomic E-state index is 0.0703. The first kappa shape index (κ1) is 18.3. The zero-order valence-electron chi connectivity index (χ0n) is 13.4. The molecule has 1 N–H and O–H groups in total. The Hall–Kier alpha value is -2.05. The van der Waals surface area contributed by atoms with E-state index in [1.165, 1.54) is 13.0 Å². The summed E-state index contributed by atoms with van der Waals surface area (Å²) in [5, 5.41) is 2.81. The van der Waals surface area contributed by atoms with Crippen molar-refractivity contribution in [3.8, 4) is 0 Å². The molecule has 132 valence electrons. The highest BCUT2D eigenvalue weighted by molar-refractivity contribution is 5.92. The number of benzene rings is 1. The second kappa shape index (κ2) is 7.68. The topological polar surface area (TPSA) is 55.4 Å². The van der Waals surface area contributed by atoms with Crippen molar-refractivity contribution in [2.24, 2.45) is 0 Å². The smallest absolute Gasteiger partial charge is 0.416 e. The zero-order chi connectivity index (χ0) is 17.7. The van der Waals surface area contributed by atoms with E-state index in [9.17, 15) is 22.8 Å². The molecule has 0 saturated heterocycles. The van der Waals surface area contributed by atoms with Gasteiger partial charge >= 0.3 is 12.1 Å². The molecule has 1 atom stereocenters. The van der Waals surface area contributed by atoms with Crippen LogP contribution >= 0.6 is 0 Å². The van der Waals surface area contributed by atoms with E-state index in [1.54, 1.807) is 0 Å². The first-order chi connectivity index (χ1) is 11.3.